The summed E-state index contributed by atoms with van der Waals surface area (Å²) in [6.45, 7) is 13.7. The SMILES string of the molecule is CC(C)(C)OC(=O)NCCNC(=O)C(CCC(=O)N(CCNC(=O)OC(C)(C)C)C(C(=O)Nc1cnc2ccccc2c1)C(O)c1ccc(C(F)(F)F)cc1)NC(=O)OC(C)(C)C. The first-order valence-corrected chi connectivity index (χ1v) is 20.1. The van der Waals surface area contributed by atoms with Gasteiger partial charge in [-0.25, -0.2) is 14.4 Å². The van der Waals surface area contributed by atoms with Crippen molar-refractivity contribution in [3.05, 3.63) is 71.9 Å². The van der Waals surface area contributed by atoms with Crippen LogP contribution >= 0.6 is 0 Å². The molecule has 0 aliphatic rings. The number of amides is 6. The summed E-state index contributed by atoms with van der Waals surface area (Å²) in [6, 6.07) is 8.64. The van der Waals surface area contributed by atoms with Crippen molar-refractivity contribution < 1.29 is 61.3 Å². The van der Waals surface area contributed by atoms with Crippen LogP contribution in [-0.4, -0.2) is 106 Å². The molecule has 0 spiro atoms. The average Bonchev–Trinajstić information content (AvgIpc) is 3.15. The summed E-state index contributed by atoms with van der Waals surface area (Å²) in [7, 11) is 0. The Balaban J connectivity index is 2.00. The lowest BCUT2D eigenvalue weighted by Crippen LogP contribution is -2.54. The van der Waals surface area contributed by atoms with Gasteiger partial charge in [0, 0.05) is 38.0 Å². The fourth-order valence-electron chi connectivity index (χ4n) is 5.79. The molecule has 20 heteroatoms. The van der Waals surface area contributed by atoms with Crippen molar-refractivity contribution in [1.82, 2.24) is 31.2 Å². The lowest BCUT2D eigenvalue weighted by molar-refractivity contribution is -0.143. The van der Waals surface area contributed by atoms with E-state index >= 15 is 0 Å². The third-order valence-corrected chi connectivity index (χ3v) is 8.43. The maximum atomic E-state index is 14.4. The third kappa shape index (κ3) is 18.0. The van der Waals surface area contributed by atoms with Crippen LogP contribution in [0.3, 0.4) is 0 Å². The van der Waals surface area contributed by atoms with E-state index in [9.17, 15) is 47.0 Å². The molecule has 17 nitrogen and oxygen atoms in total. The Hall–Kier alpha value is -6.18. The molecule has 0 saturated heterocycles. The topological polar surface area (TPSA) is 227 Å². The summed E-state index contributed by atoms with van der Waals surface area (Å²) >= 11 is 0. The minimum atomic E-state index is -4.72. The van der Waals surface area contributed by atoms with Crippen molar-refractivity contribution in [3.63, 3.8) is 0 Å². The second-order valence-corrected chi connectivity index (χ2v) is 17.4. The van der Waals surface area contributed by atoms with Crippen molar-refractivity contribution in [2.45, 2.75) is 116 Å². The number of alkyl carbamates (subject to hydrolysis) is 3. The molecule has 1 aromatic heterocycles. The van der Waals surface area contributed by atoms with E-state index in [-0.39, 0.29) is 30.9 Å². The van der Waals surface area contributed by atoms with Crippen LogP contribution in [0.1, 0.15) is 92.4 Å². The minimum Gasteiger partial charge on any atom is -0.444 e. The number of benzene rings is 2. The number of fused-ring (bicyclic) bond motifs is 1. The molecule has 3 unspecified atom stereocenters. The van der Waals surface area contributed by atoms with E-state index in [1.165, 1.54) is 6.20 Å². The predicted molar refractivity (Wildman–Crippen MR) is 226 cm³/mol. The van der Waals surface area contributed by atoms with Gasteiger partial charge in [-0.15, -0.1) is 0 Å². The van der Waals surface area contributed by atoms with Gasteiger partial charge in [0.2, 0.25) is 17.7 Å². The van der Waals surface area contributed by atoms with Gasteiger partial charge in [0.15, 0.2) is 0 Å². The van der Waals surface area contributed by atoms with Crippen molar-refractivity contribution in [2.24, 2.45) is 0 Å². The Bertz CT molecular complexity index is 2060. The number of ether oxygens (including phenoxy) is 3. The Morgan fingerprint density at radius 3 is 1.83 bits per heavy atom. The molecular formula is C43H58F3N7O10. The van der Waals surface area contributed by atoms with Gasteiger partial charge in [-0.05, 0) is 98.6 Å². The number of rotatable bonds is 16. The van der Waals surface area contributed by atoms with E-state index in [1.54, 1.807) is 92.6 Å². The molecule has 6 amide bonds. The van der Waals surface area contributed by atoms with Crippen LogP contribution < -0.4 is 26.6 Å². The molecule has 3 rings (SSSR count). The summed E-state index contributed by atoms with van der Waals surface area (Å²) in [5, 5.41) is 25.1. The number of carbonyl (C=O) groups excluding carboxylic acids is 6. The van der Waals surface area contributed by atoms with Gasteiger partial charge < -0.3 is 50.8 Å². The fourth-order valence-corrected chi connectivity index (χ4v) is 5.79. The van der Waals surface area contributed by atoms with Crippen molar-refractivity contribution >= 4 is 52.6 Å². The summed E-state index contributed by atoms with van der Waals surface area (Å²) in [5.74, 6) is -2.64. The molecule has 0 aliphatic carbocycles. The highest BCUT2D eigenvalue weighted by Crippen LogP contribution is 2.31. The maximum Gasteiger partial charge on any atom is 0.416 e. The summed E-state index contributed by atoms with van der Waals surface area (Å²) in [5.41, 5.74) is -3.10. The van der Waals surface area contributed by atoms with E-state index < -0.39 is 102 Å². The van der Waals surface area contributed by atoms with Crippen molar-refractivity contribution in [2.75, 3.05) is 31.5 Å². The van der Waals surface area contributed by atoms with Crippen LogP contribution in [0, 0.1) is 0 Å². The van der Waals surface area contributed by atoms with Gasteiger partial charge in [0.25, 0.3) is 0 Å². The fraction of sp³-hybridized carbons (Fsp3) is 0.512. The monoisotopic (exact) mass is 889 g/mol. The smallest absolute Gasteiger partial charge is 0.416 e. The Labute approximate surface area is 364 Å². The van der Waals surface area contributed by atoms with E-state index in [0.29, 0.717) is 23.0 Å². The van der Waals surface area contributed by atoms with Gasteiger partial charge in [0.1, 0.15) is 35.0 Å². The Kier molecular flexibility index (Phi) is 17.7. The normalized spacial score (nSPS) is 13.4. The predicted octanol–water partition coefficient (Wildman–Crippen LogP) is 5.96. The number of nitrogens with one attached hydrogen (secondary N) is 5. The number of anilines is 1. The molecular weight excluding hydrogens is 832 g/mol. The zero-order valence-corrected chi connectivity index (χ0v) is 36.9. The molecule has 0 saturated carbocycles. The molecule has 3 aromatic rings. The van der Waals surface area contributed by atoms with Gasteiger partial charge in [0.05, 0.1) is 23.0 Å². The number of para-hydroxylation sites is 1. The van der Waals surface area contributed by atoms with Gasteiger partial charge in [-0.3, -0.25) is 19.4 Å². The number of hydrogen-bond acceptors (Lipinski definition) is 11. The van der Waals surface area contributed by atoms with E-state index in [0.717, 1.165) is 17.0 Å². The number of hydrogen-bond donors (Lipinski definition) is 6. The second kappa shape index (κ2) is 21.8. The van der Waals surface area contributed by atoms with Gasteiger partial charge in [-0.2, -0.15) is 13.2 Å². The molecule has 63 heavy (non-hydrogen) atoms. The molecule has 0 radical (unpaired) electrons. The Morgan fingerprint density at radius 1 is 0.714 bits per heavy atom. The number of aromatic nitrogens is 1. The minimum absolute atomic E-state index is 0.0669. The zero-order valence-electron chi connectivity index (χ0n) is 36.9. The molecule has 1 heterocycles. The number of pyridine rings is 1. The molecule has 3 atom stereocenters. The van der Waals surface area contributed by atoms with Gasteiger partial charge in [-0.1, -0.05) is 30.3 Å². The van der Waals surface area contributed by atoms with Crippen LogP contribution in [0.25, 0.3) is 10.9 Å². The van der Waals surface area contributed by atoms with Crippen LogP contribution in [0.2, 0.25) is 0 Å². The first-order valence-electron chi connectivity index (χ1n) is 20.1. The molecule has 6 N–H and O–H groups in total. The first-order chi connectivity index (χ1) is 29.1. The quantitative estimate of drug-likeness (QED) is 0.0727. The highest BCUT2D eigenvalue weighted by atomic mass is 19.4. The summed E-state index contributed by atoms with van der Waals surface area (Å²) < 4.78 is 56.4. The Morgan fingerprint density at radius 2 is 1.25 bits per heavy atom. The van der Waals surface area contributed by atoms with Crippen LogP contribution in [0.4, 0.5) is 33.2 Å². The average molecular weight is 890 g/mol. The number of aliphatic hydroxyl groups is 1. The number of nitrogens with zero attached hydrogens (tertiary/aromatic N) is 2. The number of carbonyl (C=O) groups is 6. The number of alkyl halides is 3. The molecule has 0 aliphatic heterocycles. The highest BCUT2D eigenvalue weighted by molar-refractivity contribution is 5.99. The lowest BCUT2D eigenvalue weighted by atomic mass is 9.97. The number of halogens is 3. The third-order valence-electron chi connectivity index (χ3n) is 8.43. The summed E-state index contributed by atoms with van der Waals surface area (Å²) in [6.07, 6.45) is -8.92. The highest BCUT2D eigenvalue weighted by Gasteiger charge is 2.38. The maximum absolute atomic E-state index is 14.4. The number of aliphatic hydroxyl groups excluding tert-OH is 1. The van der Waals surface area contributed by atoms with E-state index in [1.807, 2.05) is 0 Å². The van der Waals surface area contributed by atoms with Gasteiger partial charge >= 0.3 is 24.5 Å². The molecule has 2 aromatic carbocycles. The van der Waals surface area contributed by atoms with Crippen LogP contribution in [0.15, 0.2) is 60.8 Å². The van der Waals surface area contributed by atoms with E-state index in [2.05, 4.69) is 31.6 Å². The molecule has 0 bridgehead atoms. The van der Waals surface area contributed by atoms with Crippen molar-refractivity contribution in [1.29, 1.82) is 0 Å². The van der Waals surface area contributed by atoms with Crippen LogP contribution in [0.5, 0.6) is 0 Å². The lowest BCUT2D eigenvalue weighted by Gasteiger charge is -2.35. The van der Waals surface area contributed by atoms with Crippen LogP contribution in [-0.2, 0) is 34.8 Å². The molecule has 346 valence electrons. The largest absolute Gasteiger partial charge is 0.444 e. The first kappa shape index (κ1) is 51.2. The second-order valence-electron chi connectivity index (χ2n) is 17.4. The standard InChI is InChI=1S/C43H58F3N7O10/c1-40(2,3)61-37(58)48-21-20-47-35(56)31(52-39(60)63-42(7,8)9)18-19-32(54)53(23-22-49-38(59)62-41(4,5)6)33(34(55)26-14-16-28(17-15-26)43(44,45)46)36(57)51-29-24-27-12-10-11-13-30(27)50-25-29/h10-17,24-25,31,33-34,55H,18-23H2,1-9H3,(H,47,56)(H,48,58)(H,49,59)(H,51,57)(H,52,60). The van der Waals surface area contributed by atoms with Crippen molar-refractivity contribution in [3.8, 4) is 0 Å². The van der Waals surface area contributed by atoms with E-state index in [4.69, 9.17) is 14.2 Å². The zero-order chi connectivity index (χ0) is 47.3. The summed E-state index contributed by atoms with van der Waals surface area (Å²) in [4.78, 5) is 85.1. The molecule has 0 fully saturated rings.